The van der Waals surface area contributed by atoms with Gasteiger partial charge in [0.2, 0.25) is 0 Å². The van der Waals surface area contributed by atoms with Gasteiger partial charge < -0.3 is 20.1 Å². The van der Waals surface area contributed by atoms with E-state index in [0.29, 0.717) is 29.8 Å². The summed E-state index contributed by atoms with van der Waals surface area (Å²) in [5.74, 6) is -0.360. The standard InChI is InChI=1S/C26H26N2O4/c1-17-7-3-4-8-20(17)25(30)27-19-13-11-18(12-14-19)26(31)28-16-15-23(29)24(32-2)21-9-5-6-10-22(21)28/h3-14,23-24,29H,15-16H2,1-2H3,(H,27,30)/t23-,24-/m0/s1. The first-order chi connectivity index (χ1) is 15.5. The summed E-state index contributed by atoms with van der Waals surface area (Å²) in [5, 5.41) is 13.4. The molecule has 6 heteroatoms. The fourth-order valence-corrected chi connectivity index (χ4v) is 4.09. The fraction of sp³-hybridized carbons (Fsp3) is 0.231. The molecule has 0 spiro atoms. The summed E-state index contributed by atoms with van der Waals surface area (Å²) in [7, 11) is 1.56. The van der Waals surface area contributed by atoms with Crippen LogP contribution in [0.4, 0.5) is 11.4 Å². The molecule has 1 aliphatic rings. The van der Waals surface area contributed by atoms with E-state index in [4.69, 9.17) is 4.74 Å². The smallest absolute Gasteiger partial charge is 0.258 e. The summed E-state index contributed by atoms with van der Waals surface area (Å²) < 4.78 is 5.51. The maximum atomic E-state index is 13.3. The Morgan fingerprint density at radius 2 is 1.69 bits per heavy atom. The van der Waals surface area contributed by atoms with E-state index in [1.54, 1.807) is 42.3 Å². The van der Waals surface area contributed by atoms with Crippen molar-refractivity contribution in [3.05, 3.63) is 95.1 Å². The van der Waals surface area contributed by atoms with Crippen LogP contribution in [0.3, 0.4) is 0 Å². The highest BCUT2D eigenvalue weighted by molar-refractivity contribution is 6.08. The molecule has 2 amide bonds. The van der Waals surface area contributed by atoms with Crippen LogP contribution in [-0.4, -0.2) is 36.7 Å². The van der Waals surface area contributed by atoms with Crippen molar-refractivity contribution in [1.29, 1.82) is 0 Å². The monoisotopic (exact) mass is 430 g/mol. The largest absolute Gasteiger partial charge is 0.390 e. The summed E-state index contributed by atoms with van der Waals surface area (Å²) in [6.07, 6.45) is -0.773. The van der Waals surface area contributed by atoms with Crippen molar-refractivity contribution in [2.45, 2.75) is 25.6 Å². The Morgan fingerprint density at radius 3 is 2.41 bits per heavy atom. The second-order valence-corrected chi connectivity index (χ2v) is 7.87. The maximum Gasteiger partial charge on any atom is 0.258 e. The number of carbonyl (C=O) groups is 2. The molecular formula is C26H26N2O4. The Hall–Kier alpha value is -3.48. The number of anilines is 2. The van der Waals surface area contributed by atoms with Gasteiger partial charge in [-0.1, -0.05) is 36.4 Å². The molecule has 164 valence electrons. The quantitative estimate of drug-likeness (QED) is 0.645. The lowest BCUT2D eigenvalue weighted by atomic mass is 10.0. The highest BCUT2D eigenvalue weighted by Crippen LogP contribution is 2.35. The van der Waals surface area contributed by atoms with Gasteiger partial charge in [0.15, 0.2) is 0 Å². The number of aliphatic hydroxyl groups excluding tert-OH is 1. The van der Waals surface area contributed by atoms with Gasteiger partial charge in [0.25, 0.3) is 11.8 Å². The van der Waals surface area contributed by atoms with E-state index in [1.807, 2.05) is 49.4 Å². The number of aryl methyl sites for hydroxylation is 1. The summed E-state index contributed by atoms with van der Waals surface area (Å²) >= 11 is 0. The van der Waals surface area contributed by atoms with E-state index in [0.717, 1.165) is 16.8 Å². The molecule has 32 heavy (non-hydrogen) atoms. The van der Waals surface area contributed by atoms with Crippen LogP contribution in [0.5, 0.6) is 0 Å². The number of nitrogens with zero attached hydrogens (tertiary/aromatic N) is 1. The predicted molar refractivity (Wildman–Crippen MR) is 124 cm³/mol. The van der Waals surface area contributed by atoms with E-state index in [2.05, 4.69) is 5.32 Å². The molecule has 0 radical (unpaired) electrons. The Morgan fingerprint density at radius 1 is 1.00 bits per heavy atom. The van der Waals surface area contributed by atoms with Crippen molar-refractivity contribution >= 4 is 23.2 Å². The number of rotatable bonds is 4. The number of fused-ring (bicyclic) bond motifs is 1. The zero-order chi connectivity index (χ0) is 22.7. The van der Waals surface area contributed by atoms with Crippen LogP contribution < -0.4 is 10.2 Å². The van der Waals surface area contributed by atoms with Crippen LogP contribution in [0.25, 0.3) is 0 Å². The summed E-state index contributed by atoms with van der Waals surface area (Å²) in [5.41, 5.74) is 4.14. The molecule has 0 saturated heterocycles. The zero-order valence-corrected chi connectivity index (χ0v) is 18.1. The average molecular weight is 431 g/mol. The molecule has 0 bridgehead atoms. The number of para-hydroxylation sites is 1. The van der Waals surface area contributed by atoms with E-state index in [1.165, 1.54) is 0 Å². The molecule has 1 aliphatic heterocycles. The number of aliphatic hydroxyl groups is 1. The lowest BCUT2D eigenvalue weighted by molar-refractivity contribution is -0.0136. The van der Waals surface area contributed by atoms with Crippen LogP contribution in [0.15, 0.2) is 72.8 Å². The van der Waals surface area contributed by atoms with Crippen molar-refractivity contribution in [3.63, 3.8) is 0 Å². The van der Waals surface area contributed by atoms with E-state index >= 15 is 0 Å². The average Bonchev–Trinajstić information content (AvgIpc) is 2.95. The van der Waals surface area contributed by atoms with Crippen molar-refractivity contribution in [2.24, 2.45) is 0 Å². The van der Waals surface area contributed by atoms with Crippen molar-refractivity contribution < 1.29 is 19.4 Å². The third kappa shape index (κ3) is 4.28. The number of amides is 2. The molecule has 0 fully saturated rings. The third-order valence-corrected chi connectivity index (χ3v) is 5.81. The van der Waals surface area contributed by atoms with Crippen LogP contribution in [-0.2, 0) is 4.74 Å². The molecule has 2 atom stereocenters. The second kappa shape index (κ2) is 9.34. The molecule has 2 N–H and O–H groups in total. The molecule has 3 aromatic rings. The molecule has 0 aliphatic carbocycles. The van der Waals surface area contributed by atoms with Crippen LogP contribution in [0, 0.1) is 6.92 Å². The highest BCUT2D eigenvalue weighted by Gasteiger charge is 2.32. The number of hydrogen-bond acceptors (Lipinski definition) is 4. The minimum atomic E-state index is -0.696. The number of ether oxygens (including phenoxy) is 1. The normalized spacial score (nSPS) is 17.9. The fourth-order valence-electron chi connectivity index (χ4n) is 4.09. The van der Waals surface area contributed by atoms with E-state index in [9.17, 15) is 14.7 Å². The van der Waals surface area contributed by atoms with Gasteiger partial charge in [-0.15, -0.1) is 0 Å². The topological polar surface area (TPSA) is 78.9 Å². The first-order valence-corrected chi connectivity index (χ1v) is 10.6. The first-order valence-electron chi connectivity index (χ1n) is 10.6. The van der Waals surface area contributed by atoms with Gasteiger partial charge in [0.1, 0.15) is 6.10 Å². The predicted octanol–water partition coefficient (Wildman–Crippen LogP) is 4.35. The molecular weight excluding hydrogens is 404 g/mol. The summed E-state index contributed by atoms with van der Waals surface area (Å²) in [6, 6.07) is 21.7. The van der Waals surface area contributed by atoms with Crippen LogP contribution in [0.1, 0.15) is 44.4 Å². The number of benzene rings is 3. The maximum absolute atomic E-state index is 13.3. The number of methoxy groups -OCH3 is 1. The van der Waals surface area contributed by atoms with Gasteiger partial charge in [0, 0.05) is 41.7 Å². The van der Waals surface area contributed by atoms with E-state index < -0.39 is 12.2 Å². The third-order valence-electron chi connectivity index (χ3n) is 5.81. The molecule has 1 heterocycles. The lowest BCUT2D eigenvalue weighted by Crippen LogP contribution is -2.32. The van der Waals surface area contributed by atoms with Crippen molar-refractivity contribution in [1.82, 2.24) is 0 Å². The minimum Gasteiger partial charge on any atom is -0.390 e. The second-order valence-electron chi connectivity index (χ2n) is 7.87. The van der Waals surface area contributed by atoms with Crippen LogP contribution in [0.2, 0.25) is 0 Å². The zero-order valence-electron chi connectivity index (χ0n) is 18.1. The highest BCUT2D eigenvalue weighted by atomic mass is 16.5. The Balaban J connectivity index is 1.55. The minimum absolute atomic E-state index is 0.168. The van der Waals surface area contributed by atoms with Crippen LogP contribution >= 0.6 is 0 Å². The van der Waals surface area contributed by atoms with Gasteiger partial charge in [-0.05, 0) is 55.3 Å². The molecule has 3 aromatic carbocycles. The lowest BCUT2D eigenvalue weighted by Gasteiger charge is -2.24. The molecule has 6 nitrogen and oxygen atoms in total. The molecule has 0 unspecified atom stereocenters. The van der Waals surface area contributed by atoms with E-state index in [-0.39, 0.29) is 11.8 Å². The van der Waals surface area contributed by atoms with Crippen molar-refractivity contribution in [3.8, 4) is 0 Å². The van der Waals surface area contributed by atoms with Gasteiger partial charge in [-0.3, -0.25) is 9.59 Å². The van der Waals surface area contributed by atoms with Crippen molar-refractivity contribution in [2.75, 3.05) is 23.9 Å². The SMILES string of the molecule is CO[C@H]1c2ccccc2N(C(=O)c2ccc(NC(=O)c3ccccc3C)cc2)CC[C@@H]1O. The van der Waals surface area contributed by atoms with Gasteiger partial charge in [0.05, 0.1) is 6.10 Å². The molecule has 4 rings (SSSR count). The number of hydrogen-bond donors (Lipinski definition) is 2. The number of carbonyl (C=O) groups excluding carboxylic acids is 2. The summed E-state index contributed by atoms with van der Waals surface area (Å²) in [4.78, 5) is 27.6. The van der Waals surface area contributed by atoms with Gasteiger partial charge >= 0.3 is 0 Å². The Bertz CT molecular complexity index is 1130. The van der Waals surface area contributed by atoms with Gasteiger partial charge in [-0.25, -0.2) is 0 Å². The number of nitrogens with one attached hydrogen (secondary N) is 1. The molecule has 0 aromatic heterocycles. The first kappa shape index (κ1) is 21.7. The Labute approximate surface area is 187 Å². The Kier molecular flexibility index (Phi) is 6.35. The van der Waals surface area contributed by atoms with Gasteiger partial charge in [-0.2, -0.15) is 0 Å². The summed E-state index contributed by atoms with van der Waals surface area (Å²) in [6.45, 7) is 2.27. The molecule has 0 saturated carbocycles.